The third-order valence-corrected chi connectivity index (χ3v) is 6.76. The van der Waals surface area contributed by atoms with E-state index in [0.29, 0.717) is 36.0 Å². The topological polar surface area (TPSA) is 84.9 Å². The van der Waals surface area contributed by atoms with E-state index < -0.39 is 5.97 Å². The summed E-state index contributed by atoms with van der Waals surface area (Å²) in [5.41, 5.74) is 3.83. The number of fused-ring (bicyclic) bond motifs is 1. The molecular weight excluding hydrogens is 438 g/mol. The van der Waals surface area contributed by atoms with Gasteiger partial charge in [0, 0.05) is 22.8 Å². The van der Waals surface area contributed by atoms with Crippen molar-refractivity contribution in [1.29, 1.82) is 0 Å². The third kappa shape index (κ3) is 4.50. The first-order chi connectivity index (χ1) is 15.9. The van der Waals surface area contributed by atoms with Crippen molar-refractivity contribution in [2.24, 2.45) is 0 Å². The van der Waals surface area contributed by atoms with Gasteiger partial charge in [-0.15, -0.1) is 11.3 Å². The molecule has 0 radical (unpaired) electrons. The molecule has 1 amide bonds. The fraction of sp³-hybridized carbons (Fsp3) is 0.231. The van der Waals surface area contributed by atoms with Gasteiger partial charge < -0.3 is 19.9 Å². The highest BCUT2D eigenvalue weighted by molar-refractivity contribution is 7.15. The second kappa shape index (κ2) is 9.50. The lowest BCUT2D eigenvalue weighted by atomic mass is 9.88. The Labute approximate surface area is 196 Å². The molecule has 3 aromatic rings. The van der Waals surface area contributed by atoms with Crippen LogP contribution in [0, 0.1) is 6.92 Å². The van der Waals surface area contributed by atoms with E-state index in [1.807, 2.05) is 56.3 Å². The fourth-order valence-electron chi connectivity index (χ4n) is 3.98. The number of aromatic carboxylic acids is 1. The lowest BCUT2D eigenvalue weighted by Gasteiger charge is -2.24. The minimum atomic E-state index is -1.01. The second-order valence-electron chi connectivity index (χ2n) is 7.76. The molecule has 7 heteroatoms. The van der Waals surface area contributed by atoms with Gasteiger partial charge in [-0.2, -0.15) is 0 Å². The molecule has 0 saturated carbocycles. The van der Waals surface area contributed by atoms with E-state index in [1.165, 1.54) is 11.3 Å². The van der Waals surface area contributed by atoms with E-state index in [0.717, 1.165) is 21.6 Å². The molecule has 33 heavy (non-hydrogen) atoms. The van der Waals surface area contributed by atoms with Crippen LogP contribution in [0.2, 0.25) is 0 Å². The van der Waals surface area contributed by atoms with Crippen LogP contribution >= 0.6 is 11.3 Å². The van der Waals surface area contributed by atoms with Crippen molar-refractivity contribution in [3.8, 4) is 22.6 Å². The smallest absolute Gasteiger partial charge is 0.346 e. The number of anilines is 1. The Morgan fingerprint density at radius 3 is 2.64 bits per heavy atom. The van der Waals surface area contributed by atoms with Gasteiger partial charge in [0.1, 0.15) is 11.5 Å². The summed E-state index contributed by atoms with van der Waals surface area (Å²) in [5.74, 6) is -0.276. The molecule has 1 unspecified atom stereocenters. The highest BCUT2D eigenvalue weighted by Gasteiger charge is 2.34. The lowest BCUT2D eigenvalue weighted by Crippen LogP contribution is -2.22. The van der Waals surface area contributed by atoms with E-state index in [9.17, 15) is 14.7 Å². The number of hydrogen-bond donors (Lipinski definition) is 2. The SMILES string of the molecule is C=CCOc1ccc(C2CC(=O)Nc3c2sc(C(=O)O)c3-c2ccc(C)cc2)cc1OCC. The molecule has 2 N–H and O–H groups in total. The number of amides is 1. The molecule has 4 rings (SSSR count). The third-order valence-electron chi connectivity index (χ3n) is 5.47. The number of carbonyl (C=O) groups is 2. The van der Waals surface area contributed by atoms with E-state index >= 15 is 0 Å². The molecule has 6 nitrogen and oxygen atoms in total. The fourth-order valence-corrected chi connectivity index (χ4v) is 5.23. The van der Waals surface area contributed by atoms with Crippen molar-refractivity contribution >= 4 is 28.9 Å². The van der Waals surface area contributed by atoms with Gasteiger partial charge in [-0.05, 0) is 37.1 Å². The van der Waals surface area contributed by atoms with Crippen LogP contribution in [0.3, 0.4) is 0 Å². The maximum atomic E-state index is 12.7. The minimum Gasteiger partial charge on any atom is -0.490 e. The molecular formula is C26H25NO5S. The molecule has 1 aromatic heterocycles. The first-order valence-electron chi connectivity index (χ1n) is 10.7. The van der Waals surface area contributed by atoms with Crippen molar-refractivity contribution in [1.82, 2.24) is 0 Å². The van der Waals surface area contributed by atoms with Crippen LogP contribution in [0.25, 0.3) is 11.1 Å². The van der Waals surface area contributed by atoms with E-state index in [1.54, 1.807) is 6.08 Å². The second-order valence-corrected chi connectivity index (χ2v) is 8.81. The maximum Gasteiger partial charge on any atom is 0.346 e. The average molecular weight is 464 g/mol. The summed E-state index contributed by atoms with van der Waals surface area (Å²) in [6.45, 7) is 8.35. The molecule has 0 bridgehead atoms. The van der Waals surface area contributed by atoms with E-state index in [4.69, 9.17) is 9.47 Å². The van der Waals surface area contributed by atoms with E-state index in [2.05, 4.69) is 11.9 Å². The summed E-state index contributed by atoms with van der Waals surface area (Å²) in [6.07, 6.45) is 1.88. The van der Waals surface area contributed by atoms with Crippen LogP contribution in [0.5, 0.6) is 11.5 Å². The van der Waals surface area contributed by atoms with Crippen LogP contribution in [0.15, 0.2) is 55.1 Å². The Bertz CT molecular complexity index is 1210. The van der Waals surface area contributed by atoms with Crippen LogP contribution in [-0.2, 0) is 4.79 Å². The van der Waals surface area contributed by atoms with Gasteiger partial charge in [0.05, 0.1) is 12.3 Å². The summed E-state index contributed by atoms with van der Waals surface area (Å²) >= 11 is 1.21. The minimum absolute atomic E-state index is 0.152. The maximum absolute atomic E-state index is 12.7. The van der Waals surface area contributed by atoms with Crippen LogP contribution < -0.4 is 14.8 Å². The quantitative estimate of drug-likeness (QED) is 0.409. The normalized spacial score (nSPS) is 14.8. The van der Waals surface area contributed by atoms with Crippen molar-refractivity contribution in [2.45, 2.75) is 26.2 Å². The van der Waals surface area contributed by atoms with Crippen LogP contribution in [0.4, 0.5) is 5.69 Å². The Morgan fingerprint density at radius 1 is 1.21 bits per heavy atom. The summed E-state index contributed by atoms with van der Waals surface area (Å²) < 4.78 is 11.5. The molecule has 2 heterocycles. The first kappa shape index (κ1) is 22.6. The number of carboxylic acids is 1. The van der Waals surface area contributed by atoms with Gasteiger partial charge in [-0.1, -0.05) is 48.6 Å². The predicted octanol–water partition coefficient (Wildman–Crippen LogP) is 5.86. The van der Waals surface area contributed by atoms with Crippen molar-refractivity contribution in [3.63, 3.8) is 0 Å². The number of aryl methyl sites for hydroxylation is 1. The van der Waals surface area contributed by atoms with Gasteiger partial charge in [0.2, 0.25) is 5.91 Å². The number of thiophene rings is 1. The van der Waals surface area contributed by atoms with E-state index in [-0.39, 0.29) is 23.1 Å². The van der Waals surface area contributed by atoms with Gasteiger partial charge in [-0.3, -0.25) is 4.79 Å². The Kier molecular flexibility index (Phi) is 6.51. The molecule has 0 aliphatic carbocycles. The number of carbonyl (C=O) groups excluding carboxylic acids is 1. The average Bonchev–Trinajstić information content (AvgIpc) is 3.18. The zero-order valence-electron chi connectivity index (χ0n) is 18.5. The molecule has 170 valence electrons. The highest BCUT2D eigenvalue weighted by atomic mass is 32.1. The van der Waals surface area contributed by atoms with Gasteiger partial charge in [0.15, 0.2) is 11.5 Å². The standard InChI is InChI=1S/C26H25NO5S/c1-4-12-32-19-11-10-17(13-20(19)31-5-2)18-14-21(28)27-23-22(16-8-6-15(3)7-9-16)25(26(29)30)33-24(18)23/h4,6-11,13,18H,1,5,12,14H2,2-3H3,(H,27,28)(H,29,30). The summed E-state index contributed by atoms with van der Waals surface area (Å²) in [7, 11) is 0. The van der Waals surface area contributed by atoms with Crippen molar-refractivity contribution in [3.05, 3.63) is 76.0 Å². The number of ether oxygens (including phenoxy) is 2. The number of benzene rings is 2. The molecule has 1 aliphatic rings. The number of carboxylic acid groups (broad SMARTS) is 1. The van der Waals surface area contributed by atoms with Crippen molar-refractivity contribution in [2.75, 3.05) is 18.5 Å². The Balaban J connectivity index is 1.84. The molecule has 2 aromatic carbocycles. The largest absolute Gasteiger partial charge is 0.490 e. The monoisotopic (exact) mass is 463 g/mol. The summed E-state index contributed by atoms with van der Waals surface area (Å²) in [4.78, 5) is 25.9. The number of nitrogens with one attached hydrogen (secondary N) is 1. The van der Waals surface area contributed by atoms with Gasteiger partial charge >= 0.3 is 5.97 Å². The molecule has 1 atom stereocenters. The zero-order chi connectivity index (χ0) is 23.5. The predicted molar refractivity (Wildman–Crippen MR) is 130 cm³/mol. The molecule has 0 saturated heterocycles. The highest BCUT2D eigenvalue weighted by Crippen LogP contribution is 2.50. The van der Waals surface area contributed by atoms with Crippen LogP contribution in [0.1, 0.15) is 44.9 Å². The van der Waals surface area contributed by atoms with Gasteiger partial charge in [0.25, 0.3) is 0 Å². The molecule has 0 fully saturated rings. The van der Waals surface area contributed by atoms with Crippen molar-refractivity contribution < 1.29 is 24.2 Å². The first-order valence-corrected chi connectivity index (χ1v) is 11.5. The summed E-state index contributed by atoms with van der Waals surface area (Å²) in [6, 6.07) is 13.2. The number of hydrogen-bond acceptors (Lipinski definition) is 5. The Morgan fingerprint density at radius 2 is 1.97 bits per heavy atom. The Hall–Kier alpha value is -3.58. The molecule has 0 spiro atoms. The lowest BCUT2D eigenvalue weighted by molar-refractivity contribution is -0.116. The molecule has 1 aliphatic heterocycles. The summed E-state index contributed by atoms with van der Waals surface area (Å²) in [5, 5.41) is 12.9. The zero-order valence-corrected chi connectivity index (χ0v) is 19.3. The van der Waals surface area contributed by atoms with Gasteiger partial charge in [-0.25, -0.2) is 4.79 Å². The number of rotatable bonds is 8. The van der Waals surface area contributed by atoms with Crippen LogP contribution in [-0.4, -0.2) is 30.2 Å².